The fraction of sp³-hybridized carbons (Fsp3) is 0.918. The molecule has 0 aromatic heterocycles. The van der Waals surface area contributed by atoms with Crippen molar-refractivity contribution in [3.05, 3.63) is 12.2 Å². The fourth-order valence-corrected chi connectivity index (χ4v) is 9.19. The third kappa shape index (κ3) is 55.0. The summed E-state index contributed by atoms with van der Waals surface area (Å²) in [6.45, 7) is 6.66. The Labute approximate surface area is 418 Å². The molecule has 1 atom stereocenters. The lowest BCUT2D eigenvalue weighted by Crippen LogP contribution is -2.30. The van der Waals surface area contributed by atoms with Crippen molar-refractivity contribution >= 4 is 17.9 Å². The summed E-state index contributed by atoms with van der Waals surface area (Å²) in [5.74, 6) is -0.851. The van der Waals surface area contributed by atoms with Gasteiger partial charge in [0.2, 0.25) is 0 Å². The molecule has 0 aromatic carbocycles. The summed E-state index contributed by atoms with van der Waals surface area (Å²) in [6.07, 6.45) is 65.0. The molecule has 0 aliphatic carbocycles. The number of carbonyl (C=O) groups is 3. The summed E-state index contributed by atoms with van der Waals surface area (Å²) in [6, 6.07) is 0. The molecule has 0 aliphatic rings. The number of rotatable bonds is 56. The largest absolute Gasteiger partial charge is 0.462 e. The molecular weight excluding hydrogens is 829 g/mol. The van der Waals surface area contributed by atoms with Crippen LogP contribution in [-0.2, 0) is 28.6 Å². The fourth-order valence-electron chi connectivity index (χ4n) is 9.19. The Balaban J connectivity index is 4.23. The zero-order valence-electron chi connectivity index (χ0n) is 45.5. The molecule has 0 rings (SSSR count). The highest BCUT2D eigenvalue weighted by Gasteiger charge is 2.19. The van der Waals surface area contributed by atoms with Crippen molar-refractivity contribution in [2.45, 2.75) is 348 Å². The maximum absolute atomic E-state index is 12.9. The highest BCUT2D eigenvalue weighted by molar-refractivity contribution is 5.71. The van der Waals surface area contributed by atoms with Crippen LogP contribution in [0, 0.1) is 0 Å². The Hall–Kier alpha value is -1.85. The maximum atomic E-state index is 12.9. The molecule has 6 heteroatoms. The van der Waals surface area contributed by atoms with Crippen LogP contribution in [-0.4, -0.2) is 37.2 Å². The molecule has 0 aliphatic heterocycles. The minimum atomic E-state index is -0.767. The highest BCUT2D eigenvalue weighted by atomic mass is 16.6. The van der Waals surface area contributed by atoms with Crippen LogP contribution >= 0.6 is 0 Å². The van der Waals surface area contributed by atoms with E-state index in [0.29, 0.717) is 19.3 Å². The zero-order chi connectivity index (χ0) is 48.6. The number of allylic oxidation sites excluding steroid dienone is 2. The van der Waals surface area contributed by atoms with Gasteiger partial charge in [0.25, 0.3) is 0 Å². The minimum Gasteiger partial charge on any atom is -0.462 e. The van der Waals surface area contributed by atoms with Gasteiger partial charge in [0.1, 0.15) is 13.2 Å². The second-order valence-electron chi connectivity index (χ2n) is 20.6. The van der Waals surface area contributed by atoms with Crippen molar-refractivity contribution in [2.24, 2.45) is 0 Å². The van der Waals surface area contributed by atoms with E-state index in [-0.39, 0.29) is 31.1 Å². The highest BCUT2D eigenvalue weighted by Crippen LogP contribution is 2.18. The van der Waals surface area contributed by atoms with Gasteiger partial charge in [-0.25, -0.2) is 0 Å². The van der Waals surface area contributed by atoms with Crippen LogP contribution in [0.15, 0.2) is 12.2 Å². The van der Waals surface area contributed by atoms with E-state index in [1.165, 1.54) is 238 Å². The first-order valence-corrected chi connectivity index (χ1v) is 30.2. The Morgan fingerprint density at radius 3 is 0.791 bits per heavy atom. The standard InChI is InChI=1S/C61H116O6/c1-4-7-10-13-16-19-22-24-26-28-29-30-31-33-34-36-39-42-45-48-51-54-60(63)66-57-58(56-65-59(62)53-50-47-44-41-38-21-18-15-12-9-6-3)67-61(64)55-52-49-46-43-40-37-35-32-27-25-23-20-17-14-11-8-5-2/h15,18,58H,4-14,16-17,19-57H2,1-3H3/b18-15-/t58-/m1/s1. The Kier molecular flexibility index (Phi) is 55.2. The van der Waals surface area contributed by atoms with E-state index >= 15 is 0 Å². The number of carbonyl (C=O) groups excluding carboxylic acids is 3. The average molecular weight is 946 g/mol. The smallest absolute Gasteiger partial charge is 0.306 e. The van der Waals surface area contributed by atoms with Gasteiger partial charge in [-0.2, -0.15) is 0 Å². The summed E-state index contributed by atoms with van der Waals surface area (Å²) in [4.78, 5) is 38.1. The average Bonchev–Trinajstić information content (AvgIpc) is 3.33. The normalized spacial score (nSPS) is 12.0. The SMILES string of the molecule is CCCC/C=C\CCCCCCCC(=O)OC[C@H](COC(=O)CCCCCCCCCCCCCCCCCCCCCCC)OC(=O)CCCCCCCCCCCCCCCCCCC. The minimum absolute atomic E-state index is 0.0664. The zero-order valence-corrected chi connectivity index (χ0v) is 45.5. The van der Waals surface area contributed by atoms with Gasteiger partial charge >= 0.3 is 17.9 Å². The molecule has 67 heavy (non-hydrogen) atoms. The molecule has 0 heterocycles. The van der Waals surface area contributed by atoms with Gasteiger partial charge in [-0.15, -0.1) is 0 Å². The van der Waals surface area contributed by atoms with E-state index in [1.54, 1.807) is 0 Å². The molecule has 0 saturated carbocycles. The third-order valence-corrected chi connectivity index (χ3v) is 13.8. The molecular formula is C61H116O6. The molecule has 396 valence electrons. The van der Waals surface area contributed by atoms with Crippen molar-refractivity contribution in [3.8, 4) is 0 Å². The summed E-state index contributed by atoms with van der Waals surface area (Å²) in [7, 11) is 0. The second kappa shape index (κ2) is 56.7. The molecule has 6 nitrogen and oxygen atoms in total. The van der Waals surface area contributed by atoms with Gasteiger partial charge in [0, 0.05) is 19.3 Å². The van der Waals surface area contributed by atoms with Crippen LogP contribution in [0.3, 0.4) is 0 Å². The molecule has 0 bridgehead atoms. The Morgan fingerprint density at radius 2 is 0.507 bits per heavy atom. The van der Waals surface area contributed by atoms with Crippen molar-refractivity contribution in [2.75, 3.05) is 13.2 Å². The molecule has 0 saturated heterocycles. The van der Waals surface area contributed by atoms with Crippen LogP contribution in [0.5, 0.6) is 0 Å². The van der Waals surface area contributed by atoms with Crippen molar-refractivity contribution in [1.29, 1.82) is 0 Å². The van der Waals surface area contributed by atoms with Gasteiger partial charge in [-0.3, -0.25) is 14.4 Å². The van der Waals surface area contributed by atoms with Crippen LogP contribution in [0.2, 0.25) is 0 Å². The molecule has 0 spiro atoms. The maximum Gasteiger partial charge on any atom is 0.306 e. The number of hydrogen-bond donors (Lipinski definition) is 0. The van der Waals surface area contributed by atoms with E-state index in [1.807, 2.05) is 0 Å². The second-order valence-corrected chi connectivity index (χ2v) is 20.6. The topological polar surface area (TPSA) is 78.9 Å². The molecule has 0 fully saturated rings. The lowest BCUT2D eigenvalue weighted by Gasteiger charge is -2.18. The number of hydrogen-bond acceptors (Lipinski definition) is 6. The number of esters is 3. The van der Waals surface area contributed by atoms with Crippen molar-refractivity contribution in [3.63, 3.8) is 0 Å². The first kappa shape index (κ1) is 65.1. The summed E-state index contributed by atoms with van der Waals surface area (Å²) >= 11 is 0. The van der Waals surface area contributed by atoms with Crippen LogP contribution in [0.4, 0.5) is 0 Å². The van der Waals surface area contributed by atoms with E-state index in [4.69, 9.17) is 14.2 Å². The molecule has 0 aromatic rings. The lowest BCUT2D eigenvalue weighted by atomic mass is 10.0. The predicted molar refractivity (Wildman–Crippen MR) is 289 cm³/mol. The first-order chi connectivity index (χ1) is 33.0. The van der Waals surface area contributed by atoms with Gasteiger partial charge in [-0.1, -0.05) is 296 Å². The molecule has 0 N–H and O–H groups in total. The molecule has 0 radical (unpaired) electrons. The van der Waals surface area contributed by atoms with Gasteiger partial charge in [0.15, 0.2) is 6.10 Å². The summed E-state index contributed by atoms with van der Waals surface area (Å²) < 4.78 is 16.9. The van der Waals surface area contributed by atoms with Crippen molar-refractivity contribution in [1.82, 2.24) is 0 Å². The van der Waals surface area contributed by atoms with Crippen LogP contribution in [0.25, 0.3) is 0 Å². The van der Waals surface area contributed by atoms with Gasteiger partial charge < -0.3 is 14.2 Å². The number of ether oxygens (including phenoxy) is 3. The van der Waals surface area contributed by atoms with E-state index < -0.39 is 6.10 Å². The van der Waals surface area contributed by atoms with E-state index in [0.717, 1.165) is 64.2 Å². The predicted octanol–water partition coefficient (Wildman–Crippen LogP) is 20.1. The van der Waals surface area contributed by atoms with Gasteiger partial charge in [0.05, 0.1) is 0 Å². The van der Waals surface area contributed by atoms with Crippen LogP contribution < -0.4 is 0 Å². The quantitative estimate of drug-likeness (QED) is 0.0262. The summed E-state index contributed by atoms with van der Waals surface area (Å²) in [5.41, 5.74) is 0. The van der Waals surface area contributed by atoms with E-state index in [9.17, 15) is 14.4 Å². The van der Waals surface area contributed by atoms with Gasteiger partial charge in [-0.05, 0) is 38.5 Å². The number of unbranched alkanes of at least 4 members (excludes halogenated alkanes) is 43. The lowest BCUT2D eigenvalue weighted by molar-refractivity contribution is -0.167. The monoisotopic (exact) mass is 945 g/mol. The Bertz CT molecular complexity index is 1040. The summed E-state index contributed by atoms with van der Waals surface area (Å²) in [5, 5.41) is 0. The molecule has 0 unspecified atom stereocenters. The van der Waals surface area contributed by atoms with E-state index in [2.05, 4.69) is 32.9 Å². The van der Waals surface area contributed by atoms with Crippen molar-refractivity contribution < 1.29 is 28.6 Å². The first-order valence-electron chi connectivity index (χ1n) is 30.2. The third-order valence-electron chi connectivity index (χ3n) is 13.8. The van der Waals surface area contributed by atoms with Crippen LogP contribution in [0.1, 0.15) is 342 Å². The Morgan fingerprint density at radius 1 is 0.284 bits per heavy atom. The molecule has 0 amide bonds.